The predicted molar refractivity (Wildman–Crippen MR) is 76.0 cm³/mol. The molecule has 1 amide bonds. The Morgan fingerprint density at radius 1 is 1.18 bits per heavy atom. The average molecular weight is 302 g/mol. The van der Waals surface area contributed by atoms with Gasteiger partial charge < -0.3 is 20.0 Å². The number of amides is 1. The first-order valence-corrected chi connectivity index (χ1v) is 6.46. The Kier molecular flexibility index (Phi) is 4.73. The zero-order valence-corrected chi connectivity index (χ0v) is 11.8. The maximum absolute atomic E-state index is 12.7. The van der Waals surface area contributed by atoms with Crippen molar-refractivity contribution in [2.45, 2.75) is 6.92 Å². The minimum absolute atomic E-state index is 0.0113. The van der Waals surface area contributed by atoms with Crippen LogP contribution in [0.15, 0.2) is 42.5 Å². The van der Waals surface area contributed by atoms with E-state index in [2.05, 4.69) is 5.32 Å². The summed E-state index contributed by atoms with van der Waals surface area (Å²) in [6.45, 7) is 1.29. The summed E-state index contributed by atoms with van der Waals surface area (Å²) >= 11 is 0. The number of carbonyl (C=O) groups is 2. The lowest BCUT2D eigenvalue weighted by molar-refractivity contribution is -0.255. The minimum Gasteiger partial charge on any atom is -0.545 e. The van der Waals surface area contributed by atoms with Gasteiger partial charge in [-0.15, -0.1) is 0 Å². The molecular weight excluding hydrogens is 289 g/mol. The number of carbonyl (C=O) groups excluding carboxylic acids is 2. The number of halogens is 1. The normalized spacial score (nSPS) is 10.1. The van der Waals surface area contributed by atoms with Crippen LogP contribution >= 0.6 is 0 Å². The van der Waals surface area contributed by atoms with Gasteiger partial charge in [-0.1, -0.05) is 12.1 Å². The Balaban J connectivity index is 1.99. The molecule has 6 heteroatoms. The van der Waals surface area contributed by atoms with Crippen LogP contribution in [-0.4, -0.2) is 18.5 Å². The first-order chi connectivity index (χ1) is 10.5. The molecule has 0 aliphatic heterocycles. The van der Waals surface area contributed by atoms with Crippen molar-refractivity contribution in [3.63, 3.8) is 0 Å². The van der Waals surface area contributed by atoms with E-state index in [0.717, 1.165) is 0 Å². The van der Waals surface area contributed by atoms with E-state index in [1.807, 2.05) is 0 Å². The summed E-state index contributed by atoms with van der Waals surface area (Å²) < 4.78 is 17.9. The van der Waals surface area contributed by atoms with Crippen molar-refractivity contribution in [1.29, 1.82) is 0 Å². The number of rotatable bonds is 5. The molecule has 0 atom stereocenters. The highest BCUT2D eigenvalue weighted by Crippen LogP contribution is 2.18. The number of ether oxygens (including phenoxy) is 1. The number of benzene rings is 2. The summed E-state index contributed by atoms with van der Waals surface area (Å²) in [6.07, 6.45) is 0. The van der Waals surface area contributed by atoms with Gasteiger partial charge in [-0.3, -0.25) is 4.79 Å². The summed E-state index contributed by atoms with van der Waals surface area (Å²) in [4.78, 5) is 22.7. The maximum atomic E-state index is 12.7. The highest BCUT2D eigenvalue weighted by atomic mass is 19.1. The van der Waals surface area contributed by atoms with Gasteiger partial charge in [-0.05, 0) is 42.8 Å². The van der Waals surface area contributed by atoms with Gasteiger partial charge in [0.2, 0.25) is 0 Å². The molecule has 0 unspecified atom stereocenters. The number of nitrogens with one attached hydrogen (secondary N) is 1. The third-order valence-electron chi connectivity index (χ3n) is 3.01. The first-order valence-electron chi connectivity index (χ1n) is 6.46. The quantitative estimate of drug-likeness (QED) is 0.908. The summed E-state index contributed by atoms with van der Waals surface area (Å²) in [5.41, 5.74) is 0.782. The van der Waals surface area contributed by atoms with Gasteiger partial charge in [0.25, 0.3) is 5.91 Å². The van der Waals surface area contributed by atoms with E-state index in [1.165, 1.54) is 36.4 Å². The summed E-state index contributed by atoms with van der Waals surface area (Å²) in [6, 6.07) is 9.75. The van der Waals surface area contributed by atoms with Crippen LogP contribution in [-0.2, 0) is 4.79 Å². The zero-order valence-electron chi connectivity index (χ0n) is 11.8. The van der Waals surface area contributed by atoms with Gasteiger partial charge in [-0.2, -0.15) is 0 Å². The number of carboxylic acids is 1. The van der Waals surface area contributed by atoms with E-state index in [0.29, 0.717) is 17.0 Å². The summed E-state index contributed by atoms with van der Waals surface area (Å²) in [7, 11) is 0. The van der Waals surface area contributed by atoms with Gasteiger partial charge in [0.05, 0.1) is 5.97 Å². The van der Waals surface area contributed by atoms with Gasteiger partial charge >= 0.3 is 0 Å². The van der Waals surface area contributed by atoms with Crippen LogP contribution < -0.4 is 15.2 Å². The molecule has 0 aliphatic carbocycles. The van der Waals surface area contributed by atoms with Crippen LogP contribution in [0.25, 0.3) is 0 Å². The average Bonchev–Trinajstić information content (AvgIpc) is 2.48. The molecule has 0 aliphatic rings. The molecule has 0 spiro atoms. The Bertz CT molecular complexity index is 698. The molecule has 22 heavy (non-hydrogen) atoms. The molecule has 0 radical (unpaired) electrons. The fourth-order valence-corrected chi connectivity index (χ4v) is 1.86. The number of hydrogen-bond acceptors (Lipinski definition) is 4. The van der Waals surface area contributed by atoms with Crippen molar-refractivity contribution >= 4 is 17.6 Å². The van der Waals surface area contributed by atoms with E-state index >= 15 is 0 Å². The molecule has 2 aromatic rings. The topological polar surface area (TPSA) is 78.5 Å². The van der Waals surface area contributed by atoms with Crippen molar-refractivity contribution < 1.29 is 23.8 Å². The monoisotopic (exact) mass is 302 g/mol. The fraction of sp³-hybridized carbons (Fsp3) is 0.125. The second-order valence-corrected chi connectivity index (χ2v) is 4.56. The van der Waals surface area contributed by atoms with Crippen LogP contribution in [0.5, 0.6) is 5.75 Å². The molecule has 5 nitrogen and oxygen atoms in total. The van der Waals surface area contributed by atoms with Gasteiger partial charge in [-0.25, -0.2) is 4.39 Å². The molecule has 0 saturated heterocycles. The smallest absolute Gasteiger partial charge is 0.262 e. The van der Waals surface area contributed by atoms with Crippen molar-refractivity contribution in [3.05, 3.63) is 59.4 Å². The van der Waals surface area contributed by atoms with Crippen molar-refractivity contribution in [2.75, 3.05) is 11.9 Å². The number of anilines is 1. The van der Waals surface area contributed by atoms with Crippen LogP contribution in [0.2, 0.25) is 0 Å². The Morgan fingerprint density at radius 2 is 1.86 bits per heavy atom. The second kappa shape index (κ2) is 6.71. The van der Waals surface area contributed by atoms with Crippen molar-refractivity contribution in [2.24, 2.45) is 0 Å². The summed E-state index contributed by atoms with van der Waals surface area (Å²) in [5.74, 6) is -1.80. The van der Waals surface area contributed by atoms with Gasteiger partial charge in [0.15, 0.2) is 6.61 Å². The van der Waals surface area contributed by atoms with E-state index in [-0.39, 0.29) is 12.2 Å². The second-order valence-electron chi connectivity index (χ2n) is 4.56. The van der Waals surface area contributed by atoms with E-state index in [9.17, 15) is 19.1 Å². The Labute approximate surface area is 126 Å². The standard InChI is InChI=1S/C16H14FNO4/c1-10-13(16(20)21)3-2-4-14(10)18-15(19)9-22-12-7-5-11(17)6-8-12/h2-8H,9H2,1H3,(H,18,19)(H,20,21)/p-1. The summed E-state index contributed by atoms with van der Waals surface area (Å²) in [5, 5.41) is 13.5. The third kappa shape index (κ3) is 3.82. The van der Waals surface area contributed by atoms with Crippen LogP contribution in [0.3, 0.4) is 0 Å². The Hall–Kier alpha value is -2.89. The molecule has 0 fully saturated rings. The molecule has 0 aromatic heterocycles. The lowest BCUT2D eigenvalue weighted by Crippen LogP contribution is -2.25. The molecule has 0 heterocycles. The Morgan fingerprint density at radius 3 is 2.50 bits per heavy atom. The van der Waals surface area contributed by atoms with Crippen LogP contribution in [0.4, 0.5) is 10.1 Å². The lowest BCUT2D eigenvalue weighted by Gasteiger charge is -2.13. The maximum Gasteiger partial charge on any atom is 0.262 e. The van der Waals surface area contributed by atoms with Crippen molar-refractivity contribution in [1.82, 2.24) is 0 Å². The molecule has 0 bridgehead atoms. The van der Waals surface area contributed by atoms with E-state index in [4.69, 9.17) is 4.74 Å². The largest absolute Gasteiger partial charge is 0.545 e. The highest BCUT2D eigenvalue weighted by Gasteiger charge is 2.09. The SMILES string of the molecule is Cc1c(NC(=O)COc2ccc(F)cc2)cccc1C(=O)[O-]. The highest BCUT2D eigenvalue weighted by molar-refractivity contribution is 5.96. The van der Waals surface area contributed by atoms with E-state index < -0.39 is 17.7 Å². The van der Waals surface area contributed by atoms with Crippen LogP contribution in [0.1, 0.15) is 15.9 Å². The molecule has 2 rings (SSSR count). The third-order valence-corrected chi connectivity index (χ3v) is 3.01. The molecule has 1 N–H and O–H groups in total. The molecule has 0 saturated carbocycles. The molecular formula is C16H13FNO4-. The lowest BCUT2D eigenvalue weighted by atomic mass is 10.1. The van der Waals surface area contributed by atoms with Crippen LogP contribution in [0, 0.1) is 12.7 Å². The van der Waals surface area contributed by atoms with E-state index in [1.54, 1.807) is 13.0 Å². The number of carboxylic acid groups (broad SMARTS) is 1. The van der Waals surface area contributed by atoms with Crippen molar-refractivity contribution in [3.8, 4) is 5.75 Å². The van der Waals surface area contributed by atoms with Gasteiger partial charge in [0, 0.05) is 11.3 Å². The zero-order chi connectivity index (χ0) is 16.1. The number of aromatic carboxylic acids is 1. The van der Waals surface area contributed by atoms with Gasteiger partial charge in [0.1, 0.15) is 11.6 Å². The molecule has 114 valence electrons. The predicted octanol–water partition coefficient (Wildman–Crippen LogP) is 1.52. The number of hydrogen-bond donors (Lipinski definition) is 1. The first kappa shape index (κ1) is 15.5. The fourth-order valence-electron chi connectivity index (χ4n) is 1.86. The molecule has 2 aromatic carbocycles. The minimum atomic E-state index is -1.31.